The average Bonchev–Trinajstić information content (AvgIpc) is 2.90. The van der Waals surface area contributed by atoms with Crippen molar-refractivity contribution in [3.63, 3.8) is 0 Å². The lowest BCUT2D eigenvalue weighted by molar-refractivity contribution is 0.0721. The van der Waals surface area contributed by atoms with Crippen LogP contribution in [0.2, 0.25) is 5.02 Å². The van der Waals surface area contributed by atoms with Crippen LogP contribution in [-0.2, 0) is 13.6 Å². The molecule has 0 bridgehead atoms. The SMILES string of the molecule is CN(C)CCN(Cc1ccccc1F)C(=O)c1c(Cl)c2ccccc2n1C. The van der Waals surface area contributed by atoms with E-state index in [0.717, 1.165) is 10.9 Å². The first-order chi connectivity index (χ1) is 12.9. The number of rotatable bonds is 6. The number of nitrogens with zero attached hydrogens (tertiary/aromatic N) is 3. The highest BCUT2D eigenvalue weighted by Crippen LogP contribution is 2.31. The van der Waals surface area contributed by atoms with Gasteiger partial charge in [0.15, 0.2) is 0 Å². The van der Waals surface area contributed by atoms with E-state index in [9.17, 15) is 9.18 Å². The molecule has 0 atom stereocenters. The van der Waals surface area contributed by atoms with E-state index in [0.29, 0.717) is 29.4 Å². The van der Waals surface area contributed by atoms with E-state index in [-0.39, 0.29) is 18.3 Å². The maximum absolute atomic E-state index is 14.2. The standard InChI is InChI=1S/C21H23ClFN3O/c1-24(2)12-13-26(14-15-8-4-6-10-17(15)23)21(27)20-19(22)16-9-5-7-11-18(16)25(20)3/h4-11H,12-14H2,1-3H3. The molecule has 0 aliphatic heterocycles. The van der Waals surface area contributed by atoms with Gasteiger partial charge >= 0.3 is 0 Å². The molecule has 0 aliphatic carbocycles. The van der Waals surface area contributed by atoms with Gasteiger partial charge in [-0.25, -0.2) is 4.39 Å². The lowest BCUT2D eigenvalue weighted by Crippen LogP contribution is -2.37. The summed E-state index contributed by atoms with van der Waals surface area (Å²) in [4.78, 5) is 17.0. The Morgan fingerprint density at radius 1 is 1.07 bits per heavy atom. The van der Waals surface area contributed by atoms with E-state index in [1.165, 1.54) is 6.07 Å². The molecule has 27 heavy (non-hydrogen) atoms. The zero-order valence-corrected chi connectivity index (χ0v) is 16.5. The van der Waals surface area contributed by atoms with E-state index in [1.807, 2.05) is 54.9 Å². The van der Waals surface area contributed by atoms with Gasteiger partial charge in [0, 0.05) is 43.1 Å². The van der Waals surface area contributed by atoms with Crippen molar-refractivity contribution in [2.24, 2.45) is 7.05 Å². The molecule has 0 spiro atoms. The normalized spacial score (nSPS) is 11.3. The van der Waals surface area contributed by atoms with Gasteiger partial charge in [0.25, 0.3) is 5.91 Å². The van der Waals surface area contributed by atoms with Crippen molar-refractivity contribution in [1.29, 1.82) is 0 Å². The molecule has 6 heteroatoms. The first-order valence-corrected chi connectivity index (χ1v) is 9.18. The summed E-state index contributed by atoms with van der Waals surface area (Å²) in [5.41, 5.74) is 1.80. The number of benzene rings is 2. The third-order valence-corrected chi connectivity index (χ3v) is 5.05. The quantitative estimate of drug-likeness (QED) is 0.635. The van der Waals surface area contributed by atoms with Crippen LogP contribution < -0.4 is 0 Å². The summed E-state index contributed by atoms with van der Waals surface area (Å²) in [6.45, 7) is 1.33. The molecule has 142 valence electrons. The number of amides is 1. The fourth-order valence-electron chi connectivity index (χ4n) is 3.14. The monoisotopic (exact) mass is 387 g/mol. The number of hydrogen-bond acceptors (Lipinski definition) is 2. The predicted octanol–water partition coefficient (Wildman–Crippen LogP) is 4.17. The van der Waals surface area contributed by atoms with Gasteiger partial charge in [-0.1, -0.05) is 48.0 Å². The second kappa shape index (κ2) is 8.11. The van der Waals surface area contributed by atoms with Gasteiger partial charge in [0.1, 0.15) is 11.5 Å². The molecule has 3 rings (SSSR count). The summed E-state index contributed by atoms with van der Waals surface area (Å²) >= 11 is 6.55. The number of halogens is 2. The molecule has 1 aromatic heterocycles. The van der Waals surface area contributed by atoms with E-state index in [1.54, 1.807) is 23.1 Å². The molecule has 0 saturated heterocycles. The van der Waals surface area contributed by atoms with Gasteiger partial charge < -0.3 is 14.4 Å². The highest BCUT2D eigenvalue weighted by atomic mass is 35.5. The second-order valence-corrected chi connectivity index (χ2v) is 7.24. The minimum absolute atomic E-state index is 0.192. The number of carbonyl (C=O) groups is 1. The molecular formula is C21H23ClFN3O. The third-order valence-electron chi connectivity index (χ3n) is 4.67. The van der Waals surface area contributed by atoms with Gasteiger partial charge in [0.2, 0.25) is 0 Å². The zero-order valence-electron chi connectivity index (χ0n) is 15.7. The van der Waals surface area contributed by atoms with Crippen LogP contribution in [0.15, 0.2) is 48.5 Å². The van der Waals surface area contributed by atoms with Crippen molar-refractivity contribution in [3.05, 3.63) is 70.6 Å². The molecule has 0 fully saturated rings. The summed E-state index contributed by atoms with van der Waals surface area (Å²) in [6.07, 6.45) is 0. The number of aryl methyl sites for hydroxylation is 1. The Bertz CT molecular complexity index is 928. The Hall–Kier alpha value is -2.37. The summed E-state index contributed by atoms with van der Waals surface area (Å²) in [5, 5.41) is 1.27. The number of likely N-dealkylation sites (N-methyl/N-ethyl adjacent to an activating group) is 1. The Morgan fingerprint density at radius 2 is 1.74 bits per heavy atom. The van der Waals surface area contributed by atoms with E-state index >= 15 is 0 Å². The lowest BCUT2D eigenvalue weighted by atomic mass is 10.2. The maximum Gasteiger partial charge on any atom is 0.272 e. The number of hydrogen-bond donors (Lipinski definition) is 0. The summed E-state index contributed by atoms with van der Waals surface area (Å²) in [5.74, 6) is -0.521. The topological polar surface area (TPSA) is 28.5 Å². The van der Waals surface area contributed by atoms with Crippen molar-refractivity contribution in [2.45, 2.75) is 6.54 Å². The smallest absolute Gasteiger partial charge is 0.272 e. The van der Waals surface area contributed by atoms with Crippen molar-refractivity contribution in [1.82, 2.24) is 14.4 Å². The number of para-hydroxylation sites is 1. The molecule has 3 aromatic rings. The summed E-state index contributed by atoms with van der Waals surface area (Å²) < 4.78 is 16.0. The third kappa shape index (κ3) is 3.99. The first kappa shape index (κ1) is 19.4. The molecule has 2 aromatic carbocycles. The fourth-order valence-corrected chi connectivity index (χ4v) is 3.51. The number of carbonyl (C=O) groups excluding carboxylic acids is 1. The lowest BCUT2D eigenvalue weighted by Gasteiger charge is -2.25. The maximum atomic E-state index is 14.2. The molecule has 0 aliphatic rings. The zero-order chi connectivity index (χ0) is 19.6. The molecule has 0 saturated carbocycles. The van der Waals surface area contributed by atoms with Gasteiger partial charge in [-0.3, -0.25) is 4.79 Å². The van der Waals surface area contributed by atoms with Gasteiger partial charge in [-0.05, 0) is 26.2 Å². The average molecular weight is 388 g/mol. The van der Waals surface area contributed by atoms with Crippen LogP contribution >= 0.6 is 11.6 Å². The highest BCUT2D eigenvalue weighted by molar-refractivity contribution is 6.38. The van der Waals surface area contributed by atoms with Crippen LogP contribution in [0.25, 0.3) is 10.9 Å². The van der Waals surface area contributed by atoms with Crippen molar-refractivity contribution >= 4 is 28.4 Å². The Kier molecular flexibility index (Phi) is 5.82. The Balaban J connectivity index is 1.99. The first-order valence-electron chi connectivity index (χ1n) is 8.80. The van der Waals surface area contributed by atoms with Crippen molar-refractivity contribution < 1.29 is 9.18 Å². The Labute approximate surface area is 163 Å². The summed E-state index contributed by atoms with van der Waals surface area (Å²) in [6, 6.07) is 14.2. The molecule has 0 radical (unpaired) electrons. The Morgan fingerprint density at radius 3 is 2.41 bits per heavy atom. The van der Waals surface area contributed by atoms with E-state index in [4.69, 9.17) is 11.6 Å². The molecule has 4 nitrogen and oxygen atoms in total. The van der Waals surface area contributed by atoms with Crippen molar-refractivity contribution in [2.75, 3.05) is 27.2 Å². The minimum atomic E-state index is -0.316. The number of aromatic nitrogens is 1. The van der Waals surface area contributed by atoms with Crippen LogP contribution in [0.4, 0.5) is 4.39 Å². The number of fused-ring (bicyclic) bond motifs is 1. The van der Waals surface area contributed by atoms with Gasteiger partial charge in [-0.15, -0.1) is 0 Å². The summed E-state index contributed by atoms with van der Waals surface area (Å²) in [7, 11) is 5.71. The molecule has 1 amide bonds. The molecular weight excluding hydrogens is 365 g/mol. The predicted molar refractivity (Wildman–Crippen MR) is 108 cm³/mol. The second-order valence-electron chi connectivity index (χ2n) is 6.86. The van der Waals surface area contributed by atoms with Crippen LogP contribution in [0.5, 0.6) is 0 Å². The van der Waals surface area contributed by atoms with Gasteiger partial charge in [0.05, 0.1) is 5.02 Å². The van der Waals surface area contributed by atoms with Crippen LogP contribution in [0.1, 0.15) is 16.1 Å². The minimum Gasteiger partial charge on any atom is -0.338 e. The molecule has 1 heterocycles. The van der Waals surface area contributed by atoms with Gasteiger partial charge in [-0.2, -0.15) is 0 Å². The van der Waals surface area contributed by atoms with Crippen LogP contribution in [0.3, 0.4) is 0 Å². The molecule has 0 N–H and O–H groups in total. The molecule has 0 unspecified atom stereocenters. The van der Waals surface area contributed by atoms with Crippen LogP contribution in [0, 0.1) is 5.82 Å². The fraction of sp³-hybridized carbons (Fsp3) is 0.286. The van der Waals surface area contributed by atoms with Crippen molar-refractivity contribution in [3.8, 4) is 0 Å². The van der Waals surface area contributed by atoms with E-state index < -0.39 is 0 Å². The highest BCUT2D eigenvalue weighted by Gasteiger charge is 2.25. The van der Waals surface area contributed by atoms with E-state index in [2.05, 4.69) is 0 Å². The van der Waals surface area contributed by atoms with Crippen LogP contribution in [-0.4, -0.2) is 47.5 Å². The largest absolute Gasteiger partial charge is 0.338 e.